The molecule has 4 atom stereocenters. The van der Waals surface area contributed by atoms with Gasteiger partial charge in [-0.05, 0) is 80.2 Å². The molecule has 204 valence electrons. The molecule has 0 radical (unpaired) electrons. The number of piperidine rings is 1. The minimum absolute atomic E-state index is 0.0108. The average Bonchev–Trinajstić information content (AvgIpc) is 3.36. The smallest absolute Gasteiger partial charge is 0.228 e. The maximum Gasteiger partial charge on any atom is 0.228 e. The van der Waals surface area contributed by atoms with Gasteiger partial charge in [-0.25, -0.2) is 0 Å². The third-order valence-electron chi connectivity index (χ3n) is 10.3. The lowest BCUT2D eigenvalue weighted by Gasteiger charge is -2.50. The maximum atomic E-state index is 14.8. The Labute approximate surface area is 237 Å². The Balaban J connectivity index is 1.33. The largest absolute Gasteiger partial charge is 0.339 e. The van der Waals surface area contributed by atoms with Crippen molar-refractivity contribution in [1.82, 2.24) is 15.1 Å². The number of rotatable bonds is 4. The molecule has 3 aliphatic heterocycles. The number of hydrogen-bond donors (Lipinski definition) is 1. The Hall–Kier alpha value is -1.69. The molecule has 38 heavy (non-hydrogen) atoms. The predicted octanol–water partition coefficient (Wildman–Crippen LogP) is 6.49. The molecule has 6 rings (SSSR count). The number of amides is 1. The van der Waals surface area contributed by atoms with E-state index in [2.05, 4.69) is 93.4 Å². The van der Waals surface area contributed by atoms with Crippen LogP contribution in [-0.2, 0) is 16.8 Å². The van der Waals surface area contributed by atoms with E-state index in [1.165, 1.54) is 48.8 Å². The number of carbonyl (C=O) groups excluding carboxylic acids is 1. The molecule has 0 aromatic heterocycles. The van der Waals surface area contributed by atoms with Crippen molar-refractivity contribution >= 4 is 21.8 Å². The molecule has 4 aliphatic rings. The van der Waals surface area contributed by atoms with E-state index in [0.717, 1.165) is 50.0 Å². The fraction of sp³-hybridized carbons (Fsp3) is 0.606. The molecule has 2 aromatic carbocycles. The van der Waals surface area contributed by atoms with E-state index in [1.54, 1.807) is 0 Å². The van der Waals surface area contributed by atoms with E-state index >= 15 is 0 Å². The van der Waals surface area contributed by atoms with Crippen LogP contribution in [0.15, 0.2) is 53.0 Å². The summed E-state index contributed by atoms with van der Waals surface area (Å²) in [4.78, 5) is 19.8. The Morgan fingerprint density at radius 2 is 1.84 bits per heavy atom. The van der Waals surface area contributed by atoms with E-state index in [1.807, 2.05) is 0 Å². The quantitative estimate of drug-likeness (QED) is 0.451. The highest BCUT2D eigenvalue weighted by atomic mass is 79.9. The first kappa shape index (κ1) is 26.5. The lowest BCUT2D eigenvalue weighted by Crippen LogP contribution is -2.58. The second-order valence-corrected chi connectivity index (χ2v) is 13.7. The highest BCUT2D eigenvalue weighted by molar-refractivity contribution is 9.10. The number of benzene rings is 2. The van der Waals surface area contributed by atoms with Crippen LogP contribution < -0.4 is 5.32 Å². The third kappa shape index (κ3) is 4.88. The fourth-order valence-electron chi connectivity index (χ4n) is 8.26. The van der Waals surface area contributed by atoms with Gasteiger partial charge < -0.3 is 10.2 Å². The average molecular weight is 579 g/mol. The second-order valence-electron chi connectivity index (χ2n) is 12.8. The van der Waals surface area contributed by atoms with Gasteiger partial charge in [-0.1, -0.05) is 71.6 Å². The Kier molecular flexibility index (Phi) is 7.72. The number of nitrogens with zero attached hydrogens (tertiary/aromatic N) is 2. The molecule has 1 saturated carbocycles. The van der Waals surface area contributed by atoms with Crippen molar-refractivity contribution < 1.29 is 4.79 Å². The standard InChI is InChI=1S/C33H44BrN3O/c1-23(2)36-20-27-17-28(34)13-14-29(27)33(22-36)21-35-19-30(33)32(38)37-16-15-26(24-9-5-3-6-10-24)18-31(37)25-11-7-4-8-12-25/h3,5-6,9-10,13-14,17,23,25-26,30-31,35H,4,7-8,11-12,15-16,18-22H2,1-2H3. The number of nitrogens with one attached hydrogen (secondary N) is 1. The summed E-state index contributed by atoms with van der Waals surface area (Å²) < 4.78 is 1.13. The minimum atomic E-state index is -0.164. The molecular weight excluding hydrogens is 534 g/mol. The zero-order valence-corrected chi connectivity index (χ0v) is 24.8. The van der Waals surface area contributed by atoms with Crippen molar-refractivity contribution in [3.8, 4) is 0 Å². The van der Waals surface area contributed by atoms with Crippen LogP contribution in [-0.4, -0.2) is 54.0 Å². The molecule has 1 N–H and O–H groups in total. The zero-order valence-electron chi connectivity index (χ0n) is 23.2. The van der Waals surface area contributed by atoms with Crippen molar-refractivity contribution in [2.75, 3.05) is 26.2 Å². The lowest BCUT2D eigenvalue weighted by molar-refractivity contribution is -0.143. The highest BCUT2D eigenvalue weighted by Crippen LogP contribution is 2.46. The zero-order chi connectivity index (χ0) is 26.3. The summed E-state index contributed by atoms with van der Waals surface area (Å²) in [6, 6.07) is 18.7. The Morgan fingerprint density at radius 1 is 1.05 bits per heavy atom. The summed E-state index contributed by atoms with van der Waals surface area (Å²) in [6.07, 6.45) is 8.75. The van der Waals surface area contributed by atoms with E-state index in [-0.39, 0.29) is 11.3 Å². The number of halogens is 1. The van der Waals surface area contributed by atoms with Crippen LogP contribution in [0.4, 0.5) is 0 Å². The number of likely N-dealkylation sites (tertiary alicyclic amines) is 1. The van der Waals surface area contributed by atoms with E-state index in [0.29, 0.717) is 29.8 Å². The van der Waals surface area contributed by atoms with Gasteiger partial charge in [0.1, 0.15) is 0 Å². The molecular formula is C33H44BrN3O. The van der Waals surface area contributed by atoms with E-state index in [9.17, 15) is 4.79 Å². The summed E-state index contributed by atoms with van der Waals surface area (Å²) in [5.41, 5.74) is 4.07. The van der Waals surface area contributed by atoms with Crippen molar-refractivity contribution in [1.29, 1.82) is 0 Å². The lowest BCUT2D eigenvalue weighted by atomic mass is 9.67. The Morgan fingerprint density at radius 3 is 2.61 bits per heavy atom. The number of fused-ring (bicyclic) bond motifs is 2. The van der Waals surface area contributed by atoms with E-state index in [4.69, 9.17) is 0 Å². The second kappa shape index (κ2) is 11.1. The topological polar surface area (TPSA) is 35.6 Å². The Bertz CT molecular complexity index is 1130. The molecule has 4 nitrogen and oxygen atoms in total. The van der Waals surface area contributed by atoms with Crippen molar-refractivity contribution in [3.63, 3.8) is 0 Å². The van der Waals surface area contributed by atoms with Gasteiger partial charge in [-0.3, -0.25) is 9.69 Å². The van der Waals surface area contributed by atoms with Gasteiger partial charge in [-0.15, -0.1) is 0 Å². The molecule has 3 fully saturated rings. The van der Waals surface area contributed by atoms with Crippen LogP contribution in [0.25, 0.3) is 0 Å². The van der Waals surface area contributed by atoms with Gasteiger partial charge in [0.25, 0.3) is 0 Å². The molecule has 2 saturated heterocycles. The molecule has 1 spiro atoms. The molecule has 5 heteroatoms. The van der Waals surface area contributed by atoms with Crippen molar-refractivity contribution in [3.05, 3.63) is 69.7 Å². The van der Waals surface area contributed by atoms with Crippen LogP contribution >= 0.6 is 15.9 Å². The first-order chi connectivity index (χ1) is 18.5. The predicted molar refractivity (Wildman–Crippen MR) is 158 cm³/mol. The van der Waals surface area contributed by atoms with Crippen LogP contribution in [0.5, 0.6) is 0 Å². The normalized spacial score (nSPS) is 30.6. The molecule has 1 aliphatic carbocycles. The van der Waals surface area contributed by atoms with Gasteiger partial charge in [0, 0.05) is 54.7 Å². The molecule has 2 aromatic rings. The van der Waals surface area contributed by atoms with Crippen LogP contribution in [0.3, 0.4) is 0 Å². The first-order valence-corrected chi connectivity index (χ1v) is 15.8. The van der Waals surface area contributed by atoms with Gasteiger partial charge in [0.2, 0.25) is 5.91 Å². The van der Waals surface area contributed by atoms with Crippen molar-refractivity contribution in [2.45, 2.75) is 88.8 Å². The minimum Gasteiger partial charge on any atom is -0.339 e. The maximum absolute atomic E-state index is 14.8. The number of carbonyl (C=O) groups is 1. The van der Waals surface area contributed by atoms with Gasteiger partial charge in [0.05, 0.1) is 5.92 Å². The highest BCUT2D eigenvalue weighted by Gasteiger charge is 2.54. The summed E-state index contributed by atoms with van der Waals surface area (Å²) in [7, 11) is 0. The summed E-state index contributed by atoms with van der Waals surface area (Å²) >= 11 is 3.72. The summed E-state index contributed by atoms with van der Waals surface area (Å²) in [6.45, 7) is 9.07. The number of hydrogen-bond acceptors (Lipinski definition) is 3. The van der Waals surface area contributed by atoms with Gasteiger partial charge in [-0.2, -0.15) is 0 Å². The summed E-state index contributed by atoms with van der Waals surface area (Å²) in [5, 5.41) is 3.71. The SMILES string of the molecule is CC(C)N1Cc2cc(Br)ccc2C2(CNCC2C(=O)N2CCC(c3ccccc3)CC2C2CCCCC2)C1. The monoisotopic (exact) mass is 577 g/mol. The molecule has 3 heterocycles. The van der Waals surface area contributed by atoms with Crippen LogP contribution in [0.2, 0.25) is 0 Å². The van der Waals surface area contributed by atoms with Crippen LogP contribution in [0, 0.1) is 11.8 Å². The fourth-order valence-corrected chi connectivity index (χ4v) is 8.67. The van der Waals surface area contributed by atoms with E-state index < -0.39 is 0 Å². The third-order valence-corrected chi connectivity index (χ3v) is 10.8. The summed E-state index contributed by atoms with van der Waals surface area (Å²) in [5.74, 6) is 1.61. The molecule has 4 unspecified atom stereocenters. The first-order valence-electron chi connectivity index (χ1n) is 15.1. The van der Waals surface area contributed by atoms with Crippen LogP contribution in [0.1, 0.15) is 81.4 Å². The molecule has 0 bridgehead atoms. The van der Waals surface area contributed by atoms with Gasteiger partial charge in [0.15, 0.2) is 0 Å². The van der Waals surface area contributed by atoms with Gasteiger partial charge >= 0.3 is 0 Å². The van der Waals surface area contributed by atoms with Crippen molar-refractivity contribution in [2.24, 2.45) is 11.8 Å². The molecule has 1 amide bonds.